The second kappa shape index (κ2) is 6.33. The number of hydrogen-bond acceptors (Lipinski definition) is 1. The van der Waals surface area contributed by atoms with E-state index in [0.717, 1.165) is 16.8 Å². The first-order chi connectivity index (χ1) is 9.56. The van der Waals surface area contributed by atoms with Crippen LogP contribution >= 0.6 is 0 Å². The van der Waals surface area contributed by atoms with Crippen molar-refractivity contribution in [3.05, 3.63) is 65.0 Å². The summed E-state index contributed by atoms with van der Waals surface area (Å²) < 4.78 is 13.5. The zero-order chi connectivity index (χ0) is 14.5. The quantitative estimate of drug-likeness (QED) is 0.894. The number of halogens is 1. The van der Waals surface area contributed by atoms with Gasteiger partial charge in [0, 0.05) is 12.1 Å². The fraction of sp³-hybridized carbons (Fsp3) is 0.235. The molecule has 2 rings (SSSR count). The van der Waals surface area contributed by atoms with Crippen molar-refractivity contribution in [3.63, 3.8) is 0 Å². The maximum Gasteiger partial charge on any atom is 0.224 e. The zero-order valence-electron chi connectivity index (χ0n) is 11.7. The highest BCUT2D eigenvalue weighted by molar-refractivity contribution is 5.91. The highest BCUT2D eigenvalue weighted by atomic mass is 19.1. The third-order valence-electron chi connectivity index (χ3n) is 3.25. The minimum Gasteiger partial charge on any atom is -0.326 e. The van der Waals surface area contributed by atoms with Crippen LogP contribution in [0.1, 0.15) is 23.1 Å². The Balaban J connectivity index is 1.96. The predicted molar refractivity (Wildman–Crippen MR) is 79.3 cm³/mol. The average Bonchev–Trinajstić information content (AvgIpc) is 2.42. The lowest BCUT2D eigenvalue weighted by molar-refractivity contribution is -0.116. The molecule has 0 saturated carbocycles. The van der Waals surface area contributed by atoms with Crippen molar-refractivity contribution in [1.82, 2.24) is 0 Å². The number of aryl methyl sites for hydroxylation is 3. The van der Waals surface area contributed by atoms with Gasteiger partial charge in [0.05, 0.1) is 0 Å². The highest BCUT2D eigenvalue weighted by Gasteiger charge is 2.07. The first-order valence-corrected chi connectivity index (χ1v) is 6.67. The molecule has 20 heavy (non-hydrogen) atoms. The summed E-state index contributed by atoms with van der Waals surface area (Å²) in [5.74, 6) is -0.353. The van der Waals surface area contributed by atoms with Crippen LogP contribution in [0.4, 0.5) is 10.1 Å². The van der Waals surface area contributed by atoms with E-state index < -0.39 is 0 Å². The largest absolute Gasteiger partial charge is 0.326 e. The standard InChI is InChI=1S/C17H18FNO/c1-12-7-8-13(2)16(11-12)19-17(20)10-9-14-5-3-4-6-15(14)18/h3-8,11H,9-10H2,1-2H3,(H,19,20). The summed E-state index contributed by atoms with van der Waals surface area (Å²) in [4.78, 5) is 11.9. The van der Waals surface area contributed by atoms with Gasteiger partial charge in [-0.25, -0.2) is 4.39 Å². The molecule has 0 atom stereocenters. The third-order valence-corrected chi connectivity index (χ3v) is 3.25. The molecule has 0 aliphatic rings. The summed E-state index contributed by atoms with van der Waals surface area (Å²) >= 11 is 0. The number of carbonyl (C=O) groups is 1. The Morgan fingerprint density at radius 2 is 1.90 bits per heavy atom. The molecule has 104 valence electrons. The molecular weight excluding hydrogens is 253 g/mol. The predicted octanol–water partition coefficient (Wildman–Crippen LogP) is 4.01. The van der Waals surface area contributed by atoms with Gasteiger partial charge in [-0.3, -0.25) is 4.79 Å². The first-order valence-electron chi connectivity index (χ1n) is 6.67. The van der Waals surface area contributed by atoms with E-state index in [0.29, 0.717) is 12.0 Å². The highest BCUT2D eigenvalue weighted by Crippen LogP contribution is 2.17. The van der Waals surface area contributed by atoms with E-state index >= 15 is 0 Å². The maximum absolute atomic E-state index is 13.5. The maximum atomic E-state index is 13.5. The van der Waals surface area contributed by atoms with Crippen LogP contribution in [-0.4, -0.2) is 5.91 Å². The van der Waals surface area contributed by atoms with Crippen LogP contribution in [0.5, 0.6) is 0 Å². The van der Waals surface area contributed by atoms with E-state index in [1.165, 1.54) is 6.07 Å². The van der Waals surface area contributed by atoms with Crippen LogP contribution in [-0.2, 0) is 11.2 Å². The van der Waals surface area contributed by atoms with E-state index in [1.54, 1.807) is 18.2 Å². The number of anilines is 1. The average molecular weight is 271 g/mol. The van der Waals surface area contributed by atoms with E-state index in [-0.39, 0.29) is 18.1 Å². The Kier molecular flexibility index (Phi) is 4.51. The zero-order valence-corrected chi connectivity index (χ0v) is 11.7. The number of nitrogens with one attached hydrogen (secondary N) is 1. The number of hydrogen-bond donors (Lipinski definition) is 1. The third kappa shape index (κ3) is 3.67. The van der Waals surface area contributed by atoms with Crippen molar-refractivity contribution in [2.45, 2.75) is 26.7 Å². The molecular formula is C17H18FNO. The lowest BCUT2D eigenvalue weighted by Crippen LogP contribution is -2.13. The molecule has 2 aromatic carbocycles. The van der Waals surface area contributed by atoms with Crippen LogP contribution in [0.2, 0.25) is 0 Å². The SMILES string of the molecule is Cc1ccc(C)c(NC(=O)CCc2ccccc2F)c1. The molecule has 2 aromatic rings. The van der Waals surface area contributed by atoms with E-state index in [9.17, 15) is 9.18 Å². The Morgan fingerprint density at radius 3 is 2.65 bits per heavy atom. The minimum atomic E-state index is -0.257. The van der Waals surface area contributed by atoms with Crippen LogP contribution in [0.3, 0.4) is 0 Å². The summed E-state index contributed by atoms with van der Waals surface area (Å²) in [5.41, 5.74) is 3.52. The van der Waals surface area contributed by atoms with Crippen LogP contribution < -0.4 is 5.32 Å². The molecule has 0 aliphatic heterocycles. The van der Waals surface area contributed by atoms with Gasteiger partial charge in [-0.1, -0.05) is 30.3 Å². The molecule has 0 bridgehead atoms. The Labute approximate surface area is 118 Å². The van der Waals surface area contributed by atoms with Crippen LogP contribution in [0.15, 0.2) is 42.5 Å². The Bertz CT molecular complexity index is 622. The molecule has 0 fully saturated rings. The molecule has 3 heteroatoms. The molecule has 0 unspecified atom stereocenters. The topological polar surface area (TPSA) is 29.1 Å². The molecule has 0 aliphatic carbocycles. The van der Waals surface area contributed by atoms with E-state index in [2.05, 4.69) is 5.32 Å². The van der Waals surface area contributed by atoms with Gasteiger partial charge in [-0.15, -0.1) is 0 Å². The van der Waals surface area contributed by atoms with E-state index in [4.69, 9.17) is 0 Å². The van der Waals surface area contributed by atoms with Gasteiger partial charge < -0.3 is 5.32 Å². The molecule has 2 nitrogen and oxygen atoms in total. The van der Waals surface area contributed by atoms with Gasteiger partial charge in [0.25, 0.3) is 0 Å². The fourth-order valence-corrected chi connectivity index (χ4v) is 2.03. The molecule has 0 aromatic heterocycles. The monoisotopic (exact) mass is 271 g/mol. The number of benzene rings is 2. The first kappa shape index (κ1) is 14.3. The van der Waals surface area contributed by atoms with Crippen LogP contribution in [0.25, 0.3) is 0 Å². The van der Waals surface area contributed by atoms with Gasteiger partial charge in [-0.2, -0.15) is 0 Å². The fourth-order valence-electron chi connectivity index (χ4n) is 2.03. The summed E-state index contributed by atoms with van der Waals surface area (Å²) in [6, 6.07) is 12.5. The molecule has 0 radical (unpaired) electrons. The lowest BCUT2D eigenvalue weighted by atomic mass is 10.1. The molecule has 1 N–H and O–H groups in total. The summed E-state index contributed by atoms with van der Waals surface area (Å²) in [5, 5.41) is 2.88. The number of carbonyl (C=O) groups excluding carboxylic acids is 1. The number of amides is 1. The Morgan fingerprint density at radius 1 is 1.15 bits per heavy atom. The molecule has 0 saturated heterocycles. The second-order valence-electron chi connectivity index (χ2n) is 4.96. The van der Waals surface area contributed by atoms with Gasteiger partial charge in [-0.05, 0) is 49.1 Å². The number of rotatable bonds is 4. The van der Waals surface area contributed by atoms with Crippen molar-refractivity contribution in [3.8, 4) is 0 Å². The molecule has 0 spiro atoms. The van der Waals surface area contributed by atoms with Gasteiger partial charge in [0.15, 0.2) is 0 Å². The summed E-state index contributed by atoms with van der Waals surface area (Å²) in [6.45, 7) is 3.93. The van der Waals surface area contributed by atoms with Gasteiger partial charge in [0.1, 0.15) is 5.82 Å². The van der Waals surface area contributed by atoms with Crippen molar-refractivity contribution < 1.29 is 9.18 Å². The summed E-state index contributed by atoms with van der Waals surface area (Å²) in [6.07, 6.45) is 0.678. The minimum absolute atomic E-state index is 0.0954. The van der Waals surface area contributed by atoms with Crippen molar-refractivity contribution in [1.29, 1.82) is 0 Å². The van der Waals surface area contributed by atoms with Gasteiger partial charge >= 0.3 is 0 Å². The normalized spacial score (nSPS) is 10.3. The molecule has 0 heterocycles. The summed E-state index contributed by atoms with van der Waals surface area (Å²) in [7, 11) is 0. The van der Waals surface area contributed by atoms with Gasteiger partial charge in [0.2, 0.25) is 5.91 Å². The lowest BCUT2D eigenvalue weighted by Gasteiger charge is -2.09. The molecule has 1 amide bonds. The Hall–Kier alpha value is -2.16. The smallest absolute Gasteiger partial charge is 0.224 e. The second-order valence-corrected chi connectivity index (χ2v) is 4.96. The van der Waals surface area contributed by atoms with E-state index in [1.807, 2.05) is 32.0 Å². The van der Waals surface area contributed by atoms with Crippen molar-refractivity contribution in [2.75, 3.05) is 5.32 Å². The van der Waals surface area contributed by atoms with Crippen molar-refractivity contribution >= 4 is 11.6 Å². The van der Waals surface area contributed by atoms with Crippen molar-refractivity contribution in [2.24, 2.45) is 0 Å². The van der Waals surface area contributed by atoms with Crippen LogP contribution in [0, 0.1) is 19.7 Å².